The van der Waals surface area contributed by atoms with Crippen LogP contribution in [0.25, 0.3) is 5.69 Å². The first-order valence-corrected chi connectivity index (χ1v) is 7.85. The van der Waals surface area contributed by atoms with Gasteiger partial charge in [0.1, 0.15) is 12.7 Å². The average molecular weight is 283 g/mol. The highest BCUT2D eigenvalue weighted by atomic mass is 15.3. The van der Waals surface area contributed by atoms with Crippen molar-refractivity contribution in [3.8, 4) is 5.69 Å². The number of aromatic nitrogens is 3. The van der Waals surface area contributed by atoms with Gasteiger partial charge >= 0.3 is 0 Å². The molecule has 2 fully saturated rings. The molecular weight excluding hydrogens is 262 g/mol. The zero-order chi connectivity index (χ0) is 14.1. The Balaban J connectivity index is 1.52. The lowest BCUT2D eigenvalue weighted by molar-refractivity contribution is 0.188. The van der Waals surface area contributed by atoms with Crippen molar-refractivity contribution in [1.29, 1.82) is 0 Å². The van der Waals surface area contributed by atoms with E-state index in [1.165, 1.54) is 38.8 Å². The molecule has 5 nitrogen and oxygen atoms in total. The van der Waals surface area contributed by atoms with Crippen LogP contribution in [0, 0.1) is 0 Å². The summed E-state index contributed by atoms with van der Waals surface area (Å²) in [6.07, 6.45) is 8.54. The Bertz CT molecular complexity index is 594. The van der Waals surface area contributed by atoms with Gasteiger partial charge in [0.15, 0.2) is 0 Å². The fourth-order valence-electron chi connectivity index (χ4n) is 3.70. The summed E-state index contributed by atoms with van der Waals surface area (Å²) in [5, 5.41) is 7.99. The van der Waals surface area contributed by atoms with Gasteiger partial charge in [-0.2, -0.15) is 5.10 Å². The van der Waals surface area contributed by atoms with Gasteiger partial charge in [0.05, 0.1) is 11.4 Å². The second kappa shape index (κ2) is 5.48. The van der Waals surface area contributed by atoms with Gasteiger partial charge in [0.25, 0.3) is 0 Å². The number of hydrogen-bond acceptors (Lipinski definition) is 4. The lowest BCUT2D eigenvalue weighted by Crippen LogP contribution is -2.42. The fraction of sp³-hybridized carbons (Fsp3) is 0.500. The Labute approximate surface area is 125 Å². The maximum atomic E-state index is 4.25. The van der Waals surface area contributed by atoms with Gasteiger partial charge in [-0.15, -0.1) is 0 Å². The van der Waals surface area contributed by atoms with Crippen LogP contribution in [-0.2, 0) is 0 Å². The number of hydrogen-bond donors (Lipinski definition) is 1. The van der Waals surface area contributed by atoms with Crippen molar-refractivity contribution in [1.82, 2.24) is 19.7 Å². The summed E-state index contributed by atoms with van der Waals surface area (Å²) in [7, 11) is 0. The van der Waals surface area contributed by atoms with Crippen LogP contribution in [-0.4, -0.2) is 44.8 Å². The number of piperidine rings is 1. The third-order valence-electron chi connectivity index (χ3n) is 4.75. The van der Waals surface area contributed by atoms with Gasteiger partial charge < -0.3 is 10.2 Å². The summed E-state index contributed by atoms with van der Waals surface area (Å²) in [4.78, 5) is 6.70. The molecular formula is C16H21N5. The van der Waals surface area contributed by atoms with Crippen LogP contribution < -0.4 is 5.32 Å². The van der Waals surface area contributed by atoms with E-state index in [0.29, 0.717) is 6.04 Å². The highest BCUT2D eigenvalue weighted by Crippen LogP contribution is 2.29. The molecule has 21 heavy (non-hydrogen) atoms. The Morgan fingerprint density at radius 1 is 1.14 bits per heavy atom. The van der Waals surface area contributed by atoms with Crippen LogP contribution in [0.4, 0.5) is 5.69 Å². The molecule has 110 valence electrons. The minimum Gasteiger partial charge on any atom is -0.380 e. The van der Waals surface area contributed by atoms with Crippen molar-refractivity contribution >= 4 is 5.69 Å². The zero-order valence-corrected chi connectivity index (χ0v) is 12.2. The molecule has 0 saturated carbocycles. The first-order chi connectivity index (χ1) is 10.4. The number of fused-ring (bicyclic) bond motifs is 1. The molecule has 2 saturated heterocycles. The predicted molar refractivity (Wildman–Crippen MR) is 82.6 cm³/mol. The molecule has 0 radical (unpaired) electrons. The van der Waals surface area contributed by atoms with Crippen molar-refractivity contribution in [2.24, 2.45) is 0 Å². The topological polar surface area (TPSA) is 46.0 Å². The van der Waals surface area contributed by atoms with Gasteiger partial charge in [-0.05, 0) is 44.4 Å². The van der Waals surface area contributed by atoms with Crippen LogP contribution in [0.1, 0.15) is 25.7 Å². The molecule has 2 aliphatic rings. The van der Waals surface area contributed by atoms with Gasteiger partial charge in [0, 0.05) is 18.6 Å². The first-order valence-electron chi connectivity index (χ1n) is 7.85. The standard InChI is InChI=1S/C16H21N5/c1-2-6-16(21-12-17-11-18-21)15(5-1)19-13-7-9-20-8-3-4-14(20)10-13/h1-2,5-6,11-14,19H,3-4,7-10H2. The van der Waals surface area contributed by atoms with Crippen LogP contribution in [0.2, 0.25) is 0 Å². The first kappa shape index (κ1) is 12.8. The predicted octanol–water partition coefficient (Wildman–Crippen LogP) is 2.31. The molecule has 1 aromatic carbocycles. The van der Waals surface area contributed by atoms with Gasteiger partial charge in [-0.1, -0.05) is 12.1 Å². The van der Waals surface area contributed by atoms with Crippen molar-refractivity contribution in [2.75, 3.05) is 18.4 Å². The molecule has 2 atom stereocenters. The summed E-state index contributed by atoms with van der Waals surface area (Å²) in [5.41, 5.74) is 2.23. The minimum atomic E-state index is 0.564. The number of nitrogens with zero attached hydrogens (tertiary/aromatic N) is 4. The third kappa shape index (κ3) is 2.53. The second-order valence-corrected chi connectivity index (χ2v) is 6.05. The lowest BCUT2D eigenvalue weighted by atomic mass is 9.97. The maximum Gasteiger partial charge on any atom is 0.138 e. The number of nitrogens with one attached hydrogen (secondary N) is 1. The molecule has 0 aliphatic carbocycles. The summed E-state index contributed by atoms with van der Waals surface area (Å²) < 4.78 is 1.83. The van der Waals surface area contributed by atoms with E-state index in [9.17, 15) is 0 Å². The molecule has 5 heteroatoms. The number of rotatable bonds is 3. The van der Waals surface area contributed by atoms with E-state index in [0.717, 1.165) is 17.4 Å². The zero-order valence-electron chi connectivity index (χ0n) is 12.2. The van der Waals surface area contributed by atoms with E-state index in [-0.39, 0.29) is 0 Å². The molecule has 2 aromatic rings. The average Bonchev–Trinajstić information content (AvgIpc) is 3.19. The SMILES string of the molecule is c1ccc(-n2cncn2)c(NC2CCN3CCCC3C2)c1. The van der Waals surface area contributed by atoms with E-state index in [2.05, 4.69) is 38.5 Å². The number of benzene rings is 1. The molecule has 0 spiro atoms. The summed E-state index contributed by atoms with van der Waals surface area (Å²) >= 11 is 0. The highest BCUT2D eigenvalue weighted by molar-refractivity contribution is 5.60. The van der Waals surface area contributed by atoms with E-state index in [4.69, 9.17) is 0 Å². The molecule has 2 unspecified atom stereocenters. The van der Waals surface area contributed by atoms with Crippen molar-refractivity contribution < 1.29 is 0 Å². The van der Waals surface area contributed by atoms with E-state index in [1.54, 1.807) is 12.7 Å². The summed E-state index contributed by atoms with van der Waals surface area (Å²) in [6.45, 7) is 2.53. The smallest absolute Gasteiger partial charge is 0.138 e. The molecule has 0 amide bonds. The fourth-order valence-corrected chi connectivity index (χ4v) is 3.70. The number of anilines is 1. The molecule has 1 N–H and O–H groups in total. The highest BCUT2D eigenvalue weighted by Gasteiger charge is 2.31. The lowest BCUT2D eigenvalue weighted by Gasteiger charge is -2.35. The monoisotopic (exact) mass is 283 g/mol. The van der Waals surface area contributed by atoms with Gasteiger partial charge in [-0.3, -0.25) is 0 Å². The maximum absolute atomic E-state index is 4.25. The van der Waals surface area contributed by atoms with Crippen LogP contribution in [0.3, 0.4) is 0 Å². The van der Waals surface area contributed by atoms with Gasteiger partial charge in [0.2, 0.25) is 0 Å². The number of para-hydroxylation sites is 2. The molecule has 4 rings (SSSR count). The second-order valence-electron chi connectivity index (χ2n) is 6.05. The third-order valence-corrected chi connectivity index (χ3v) is 4.75. The normalized spacial score (nSPS) is 25.7. The Hall–Kier alpha value is -1.88. The van der Waals surface area contributed by atoms with Crippen molar-refractivity contribution in [3.63, 3.8) is 0 Å². The summed E-state index contributed by atoms with van der Waals surface area (Å²) in [5.74, 6) is 0. The minimum absolute atomic E-state index is 0.564. The van der Waals surface area contributed by atoms with Crippen LogP contribution >= 0.6 is 0 Å². The van der Waals surface area contributed by atoms with Crippen molar-refractivity contribution in [3.05, 3.63) is 36.9 Å². The van der Waals surface area contributed by atoms with Crippen LogP contribution in [0.5, 0.6) is 0 Å². The quantitative estimate of drug-likeness (QED) is 0.939. The molecule has 0 bridgehead atoms. The molecule has 3 heterocycles. The largest absolute Gasteiger partial charge is 0.380 e. The van der Waals surface area contributed by atoms with Gasteiger partial charge in [-0.25, -0.2) is 9.67 Å². The Morgan fingerprint density at radius 3 is 3.00 bits per heavy atom. The molecule has 2 aliphatic heterocycles. The Kier molecular flexibility index (Phi) is 3.35. The van der Waals surface area contributed by atoms with E-state index >= 15 is 0 Å². The van der Waals surface area contributed by atoms with E-state index < -0.39 is 0 Å². The molecule has 1 aromatic heterocycles. The Morgan fingerprint density at radius 2 is 2.10 bits per heavy atom. The van der Waals surface area contributed by atoms with E-state index in [1.807, 2.05) is 10.7 Å². The van der Waals surface area contributed by atoms with Crippen molar-refractivity contribution in [2.45, 2.75) is 37.8 Å². The van der Waals surface area contributed by atoms with Crippen LogP contribution in [0.15, 0.2) is 36.9 Å². The summed E-state index contributed by atoms with van der Waals surface area (Å²) in [6, 6.07) is 9.69.